The quantitative estimate of drug-likeness (QED) is 0.447. The molecule has 5 nitrogen and oxygen atoms in total. The molecule has 0 aromatic heterocycles. The highest BCUT2D eigenvalue weighted by Gasteiger charge is 2.33. The zero-order valence-corrected chi connectivity index (χ0v) is 17.4. The number of hydrogen-bond acceptors (Lipinski definition) is 5. The fraction of sp³-hybridized carbons (Fsp3) is 0.0870. The van der Waals surface area contributed by atoms with Crippen molar-refractivity contribution in [3.05, 3.63) is 82.8 Å². The lowest BCUT2D eigenvalue weighted by Crippen LogP contribution is -2.33. The Bertz CT molecular complexity index is 1170. The van der Waals surface area contributed by atoms with Gasteiger partial charge in [0.15, 0.2) is 0 Å². The van der Waals surface area contributed by atoms with E-state index >= 15 is 0 Å². The van der Waals surface area contributed by atoms with Crippen LogP contribution in [0.2, 0.25) is 0 Å². The summed E-state index contributed by atoms with van der Waals surface area (Å²) in [5.74, 6) is -0.761. The standard InChI is InChI=1S/C23H17NO4S2/c25-21(26)13-24-22(27)20(30-23(24)29)12-15-6-9-19(10-7-15)28-14-16-5-8-17-3-1-2-4-18(17)11-16/h1-12H,13-14H2,(H,25,26)/b20-12+. The predicted octanol–water partition coefficient (Wildman–Crippen LogP) is 4.70. The van der Waals surface area contributed by atoms with Crippen molar-refractivity contribution in [1.82, 2.24) is 4.90 Å². The highest BCUT2D eigenvalue weighted by Crippen LogP contribution is 2.32. The molecule has 0 aliphatic carbocycles. The number of carbonyl (C=O) groups is 2. The normalized spacial score (nSPS) is 15.2. The Balaban J connectivity index is 1.41. The number of rotatable bonds is 6. The van der Waals surface area contributed by atoms with Crippen LogP contribution in [0.25, 0.3) is 16.8 Å². The molecule has 1 amide bonds. The second-order valence-electron chi connectivity index (χ2n) is 6.70. The molecule has 1 saturated heterocycles. The number of amides is 1. The molecular formula is C23H17NO4S2. The average molecular weight is 436 g/mol. The van der Waals surface area contributed by atoms with E-state index in [0.29, 0.717) is 11.5 Å². The molecule has 7 heteroatoms. The van der Waals surface area contributed by atoms with Gasteiger partial charge in [-0.05, 0) is 46.2 Å². The number of aliphatic carboxylic acids is 1. The molecule has 0 unspecified atom stereocenters. The van der Waals surface area contributed by atoms with Gasteiger partial charge in [0.2, 0.25) is 0 Å². The summed E-state index contributed by atoms with van der Waals surface area (Å²) >= 11 is 6.21. The topological polar surface area (TPSA) is 66.8 Å². The van der Waals surface area contributed by atoms with Gasteiger partial charge < -0.3 is 9.84 Å². The smallest absolute Gasteiger partial charge is 0.323 e. The highest BCUT2D eigenvalue weighted by atomic mass is 32.2. The van der Waals surface area contributed by atoms with Gasteiger partial charge >= 0.3 is 5.97 Å². The Hall–Kier alpha value is -3.16. The first kappa shape index (κ1) is 20.1. The van der Waals surface area contributed by atoms with Crippen LogP contribution in [0, 0.1) is 0 Å². The molecule has 1 aliphatic rings. The van der Waals surface area contributed by atoms with Crippen LogP contribution in [-0.2, 0) is 16.2 Å². The summed E-state index contributed by atoms with van der Waals surface area (Å²) in [6.07, 6.45) is 1.70. The summed E-state index contributed by atoms with van der Waals surface area (Å²) in [7, 11) is 0. The number of ether oxygens (including phenoxy) is 1. The van der Waals surface area contributed by atoms with Crippen LogP contribution in [0.15, 0.2) is 71.6 Å². The van der Waals surface area contributed by atoms with Crippen LogP contribution >= 0.6 is 24.0 Å². The third-order valence-electron chi connectivity index (χ3n) is 4.56. The molecule has 0 bridgehead atoms. The molecule has 1 heterocycles. The highest BCUT2D eigenvalue weighted by molar-refractivity contribution is 8.26. The molecule has 0 spiro atoms. The van der Waals surface area contributed by atoms with Gasteiger partial charge in [-0.2, -0.15) is 0 Å². The van der Waals surface area contributed by atoms with Crippen LogP contribution < -0.4 is 4.74 Å². The lowest BCUT2D eigenvalue weighted by Gasteiger charge is -2.10. The summed E-state index contributed by atoms with van der Waals surface area (Å²) in [4.78, 5) is 24.7. The predicted molar refractivity (Wildman–Crippen MR) is 122 cm³/mol. The fourth-order valence-electron chi connectivity index (χ4n) is 3.08. The van der Waals surface area contributed by atoms with E-state index in [2.05, 4.69) is 30.3 Å². The zero-order valence-electron chi connectivity index (χ0n) is 15.8. The first-order chi connectivity index (χ1) is 14.5. The summed E-state index contributed by atoms with van der Waals surface area (Å²) in [5, 5.41) is 11.3. The van der Waals surface area contributed by atoms with E-state index in [4.69, 9.17) is 22.1 Å². The Morgan fingerprint density at radius 1 is 1.07 bits per heavy atom. The molecule has 150 valence electrons. The summed E-state index contributed by atoms with van der Waals surface area (Å²) in [5.41, 5.74) is 1.89. The van der Waals surface area contributed by atoms with Crippen LogP contribution in [0.1, 0.15) is 11.1 Å². The SMILES string of the molecule is O=C(O)CN1C(=O)/C(=C\c2ccc(OCc3ccc4ccccc4c3)cc2)SC1=S. The van der Waals surface area contributed by atoms with Crippen molar-refractivity contribution >= 4 is 57.0 Å². The van der Waals surface area contributed by atoms with E-state index < -0.39 is 12.5 Å². The van der Waals surface area contributed by atoms with Crippen molar-refractivity contribution in [3.8, 4) is 5.75 Å². The van der Waals surface area contributed by atoms with E-state index in [1.165, 1.54) is 10.8 Å². The molecule has 3 aromatic rings. The minimum atomic E-state index is -1.10. The van der Waals surface area contributed by atoms with Crippen molar-refractivity contribution in [3.63, 3.8) is 0 Å². The number of fused-ring (bicyclic) bond motifs is 1. The van der Waals surface area contributed by atoms with E-state index in [1.807, 2.05) is 36.4 Å². The zero-order chi connectivity index (χ0) is 21.1. The van der Waals surface area contributed by atoms with Crippen LogP contribution in [0.3, 0.4) is 0 Å². The number of carboxylic acids is 1. The number of hydrogen-bond donors (Lipinski definition) is 1. The molecule has 0 saturated carbocycles. The van der Waals surface area contributed by atoms with Gasteiger partial charge in [0.05, 0.1) is 4.91 Å². The van der Waals surface area contributed by atoms with Gasteiger partial charge in [-0.3, -0.25) is 14.5 Å². The van der Waals surface area contributed by atoms with Crippen LogP contribution in [0.5, 0.6) is 5.75 Å². The monoisotopic (exact) mass is 435 g/mol. The van der Waals surface area contributed by atoms with Crippen molar-refractivity contribution in [2.24, 2.45) is 0 Å². The number of carbonyl (C=O) groups excluding carboxylic acids is 1. The Morgan fingerprint density at radius 2 is 1.80 bits per heavy atom. The maximum absolute atomic E-state index is 12.3. The molecule has 4 rings (SSSR count). The van der Waals surface area contributed by atoms with Gasteiger partial charge in [-0.15, -0.1) is 0 Å². The Morgan fingerprint density at radius 3 is 2.53 bits per heavy atom. The molecule has 1 fully saturated rings. The first-order valence-electron chi connectivity index (χ1n) is 9.17. The lowest BCUT2D eigenvalue weighted by atomic mass is 10.1. The maximum atomic E-state index is 12.3. The molecule has 1 aliphatic heterocycles. The van der Waals surface area contributed by atoms with Gasteiger partial charge in [-0.1, -0.05) is 72.5 Å². The fourth-order valence-corrected chi connectivity index (χ4v) is 4.33. The van der Waals surface area contributed by atoms with Crippen molar-refractivity contribution in [2.45, 2.75) is 6.61 Å². The average Bonchev–Trinajstić information content (AvgIpc) is 3.00. The summed E-state index contributed by atoms with van der Waals surface area (Å²) in [6.45, 7) is 0.0293. The number of carboxylic acid groups (broad SMARTS) is 1. The van der Waals surface area contributed by atoms with E-state index in [0.717, 1.165) is 33.5 Å². The van der Waals surface area contributed by atoms with E-state index in [9.17, 15) is 9.59 Å². The molecule has 3 aromatic carbocycles. The molecule has 0 radical (unpaired) electrons. The first-order valence-corrected chi connectivity index (χ1v) is 10.4. The van der Waals surface area contributed by atoms with Gasteiger partial charge in [0.1, 0.15) is 23.2 Å². The lowest BCUT2D eigenvalue weighted by molar-refractivity contribution is -0.140. The molecule has 0 atom stereocenters. The van der Waals surface area contributed by atoms with Gasteiger partial charge in [-0.25, -0.2) is 0 Å². The van der Waals surface area contributed by atoms with E-state index in [-0.39, 0.29) is 10.2 Å². The number of nitrogens with zero attached hydrogens (tertiary/aromatic N) is 1. The maximum Gasteiger partial charge on any atom is 0.323 e. The molecular weight excluding hydrogens is 418 g/mol. The Kier molecular flexibility index (Phi) is 5.83. The van der Waals surface area contributed by atoms with E-state index in [1.54, 1.807) is 6.08 Å². The van der Waals surface area contributed by atoms with Crippen LogP contribution in [0.4, 0.5) is 0 Å². The van der Waals surface area contributed by atoms with Gasteiger partial charge in [0.25, 0.3) is 5.91 Å². The number of thioether (sulfide) groups is 1. The summed E-state index contributed by atoms with van der Waals surface area (Å²) in [6, 6.07) is 21.8. The largest absolute Gasteiger partial charge is 0.489 e. The minimum absolute atomic E-state index is 0.254. The second kappa shape index (κ2) is 8.69. The molecule has 30 heavy (non-hydrogen) atoms. The third-order valence-corrected chi connectivity index (χ3v) is 5.94. The minimum Gasteiger partial charge on any atom is -0.489 e. The number of thiocarbonyl (C=S) groups is 1. The molecule has 1 N–H and O–H groups in total. The van der Waals surface area contributed by atoms with Crippen molar-refractivity contribution < 1.29 is 19.4 Å². The van der Waals surface area contributed by atoms with Crippen LogP contribution in [-0.4, -0.2) is 32.7 Å². The van der Waals surface area contributed by atoms with Crippen molar-refractivity contribution in [2.75, 3.05) is 6.54 Å². The summed E-state index contributed by atoms with van der Waals surface area (Å²) < 4.78 is 6.13. The van der Waals surface area contributed by atoms with Gasteiger partial charge in [0, 0.05) is 0 Å². The van der Waals surface area contributed by atoms with Crippen molar-refractivity contribution in [1.29, 1.82) is 0 Å². The third kappa shape index (κ3) is 4.53. The second-order valence-corrected chi connectivity index (χ2v) is 8.38. The Labute approximate surface area is 183 Å². The number of benzene rings is 3.